The van der Waals surface area contributed by atoms with E-state index in [4.69, 9.17) is 21.1 Å². The standard InChI is InChI=1S/C16H20ClNO4/c1-4-11-7-8-12(9-14(11)17)18-10-13(15(19)21-5-2)16(20)22-6-3/h7-10,13H,4-6H2,1-3H3. The van der Waals surface area contributed by atoms with E-state index in [0.29, 0.717) is 10.7 Å². The van der Waals surface area contributed by atoms with Gasteiger partial charge in [-0.3, -0.25) is 14.6 Å². The molecule has 6 heteroatoms. The summed E-state index contributed by atoms with van der Waals surface area (Å²) >= 11 is 6.11. The number of ether oxygens (including phenoxy) is 2. The van der Waals surface area contributed by atoms with Crippen molar-refractivity contribution in [3.63, 3.8) is 0 Å². The minimum atomic E-state index is -1.18. The zero-order valence-electron chi connectivity index (χ0n) is 13.0. The minimum absolute atomic E-state index is 0.180. The number of aliphatic imine (C=N–C) groups is 1. The fourth-order valence-corrected chi connectivity index (χ4v) is 2.05. The molecule has 0 aliphatic rings. The zero-order valence-corrected chi connectivity index (χ0v) is 13.7. The maximum absolute atomic E-state index is 11.8. The van der Waals surface area contributed by atoms with Gasteiger partial charge in [-0.25, -0.2) is 0 Å². The van der Waals surface area contributed by atoms with Gasteiger partial charge in [-0.05, 0) is 38.0 Å². The van der Waals surface area contributed by atoms with Crippen LogP contribution >= 0.6 is 11.6 Å². The van der Waals surface area contributed by atoms with Crippen molar-refractivity contribution < 1.29 is 19.1 Å². The van der Waals surface area contributed by atoms with Gasteiger partial charge < -0.3 is 9.47 Å². The molecular weight excluding hydrogens is 306 g/mol. The number of hydrogen-bond acceptors (Lipinski definition) is 5. The monoisotopic (exact) mass is 325 g/mol. The number of esters is 2. The Morgan fingerprint density at radius 1 is 1.18 bits per heavy atom. The van der Waals surface area contributed by atoms with Crippen molar-refractivity contribution in [1.29, 1.82) is 0 Å². The molecule has 0 N–H and O–H groups in total. The Morgan fingerprint density at radius 3 is 2.23 bits per heavy atom. The molecule has 0 aliphatic heterocycles. The van der Waals surface area contributed by atoms with Crippen molar-refractivity contribution >= 4 is 35.4 Å². The molecule has 0 radical (unpaired) electrons. The molecule has 0 bridgehead atoms. The topological polar surface area (TPSA) is 65.0 Å². The Hall–Kier alpha value is -1.88. The number of rotatable bonds is 7. The Kier molecular flexibility index (Phi) is 7.60. The van der Waals surface area contributed by atoms with Crippen molar-refractivity contribution in [2.45, 2.75) is 27.2 Å². The molecule has 120 valence electrons. The van der Waals surface area contributed by atoms with Crippen LogP contribution in [0.3, 0.4) is 0 Å². The molecule has 0 saturated heterocycles. The second-order valence-electron chi connectivity index (χ2n) is 4.39. The Labute approximate surface area is 135 Å². The summed E-state index contributed by atoms with van der Waals surface area (Å²) in [5.41, 5.74) is 1.56. The van der Waals surface area contributed by atoms with E-state index in [-0.39, 0.29) is 13.2 Å². The molecule has 0 heterocycles. The quantitative estimate of drug-likeness (QED) is 0.438. The first-order valence-electron chi connectivity index (χ1n) is 7.19. The van der Waals surface area contributed by atoms with Crippen molar-refractivity contribution in [3.8, 4) is 0 Å². The van der Waals surface area contributed by atoms with Crippen LogP contribution in [0, 0.1) is 5.92 Å². The molecule has 0 fully saturated rings. The third-order valence-electron chi connectivity index (χ3n) is 2.87. The van der Waals surface area contributed by atoms with Gasteiger partial charge in [0.25, 0.3) is 0 Å². The van der Waals surface area contributed by atoms with Crippen molar-refractivity contribution in [2.24, 2.45) is 10.9 Å². The van der Waals surface area contributed by atoms with E-state index in [1.54, 1.807) is 26.0 Å². The first-order valence-corrected chi connectivity index (χ1v) is 7.57. The van der Waals surface area contributed by atoms with Crippen LogP contribution < -0.4 is 0 Å². The number of benzene rings is 1. The second kappa shape index (κ2) is 9.20. The number of halogens is 1. The molecule has 0 aliphatic carbocycles. The number of nitrogens with zero attached hydrogens (tertiary/aromatic N) is 1. The highest BCUT2D eigenvalue weighted by Gasteiger charge is 2.27. The lowest BCUT2D eigenvalue weighted by Crippen LogP contribution is -2.29. The van der Waals surface area contributed by atoms with Gasteiger partial charge in [0.2, 0.25) is 0 Å². The van der Waals surface area contributed by atoms with Crippen LogP contribution in [0.4, 0.5) is 5.69 Å². The predicted molar refractivity (Wildman–Crippen MR) is 85.7 cm³/mol. The molecule has 1 aromatic rings. The van der Waals surface area contributed by atoms with Gasteiger partial charge in [0.1, 0.15) is 0 Å². The highest BCUT2D eigenvalue weighted by Crippen LogP contribution is 2.23. The van der Waals surface area contributed by atoms with Gasteiger partial charge in [-0.2, -0.15) is 0 Å². The van der Waals surface area contributed by atoms with Gasteiger partial charge in [0, 0.05) is 11.2 Å². The van der Waals surface area contributed by atoms with E-state index in [1.165, 1.54) is 6.21 Å². The SMILES string of the molecule is CCOC(=O)C(C=Nc1ccc(CC)c(Cl)c1)C(=O)OCC. The summed E-state index contributed by atoms with van der Waals surface area (Å²) in [5, 5.41) is 0.598. The molecule has 1 rings (SSSR count). The molecule has 1 aromatic carbocycles. The average molecular weight is 326 g/mol. The van der Waals surface area contributed by atoms with E-state index in [9.17, 15) is 9.59 Å². The lowest BCUT2D eigenvalue weighted by Gasteiger charge is -2.10. The molecule has 0 spiro atoms. The van der Waals surface area contributed by atoms with E-state index >= 15 is 0 Å². The number of hydrogen-bond donors (Lipinski definition) is 0. The van der Waals surface area contributed by atoms with Crippen LogP contribution in [0.5, 0.6) is 0 Å². The number of aryl methyl sites for hydroxylation is 1. The Balaban J connectivity index is 2.94. The van der Waals surface area contributed by atoms with Crippen LogP contribution in [-0.4, -0.2) is 31.4 Å². The molecule has 5 nitrogen and oxygen atoms in total. The van der Waals surface area contributed by atoms with Crippen molar-refractivity contribution in [1.82, 2.24) is 0 Å². The predicted octanol–water partition coefficient (Wildman–Crippen LogP) is 3.35. The number of carbonyl (C=O) groups is 2. The smallest absolute Gasteiger partial charge is 0.325 e. The van der Waals surface area contributed by atoms with E-state index in [1.807, 2.05) is 13.0 Å². The van der Waals surface area contributed by atoms with Gasteiger partial charge >= 0.3 is 11.9 Å². The summed E-state index contributed by atoms with van der Waals surface area (Å²) in [6.07, 6.45) is 2.05. The highest BCUT2D eigenvalue weighted by molar-refractivity contribution is 6.31. The lowest BCUT2D eigenvalue weighted by molar-refractivity contribution is -0.157. The summed E-state index contributed by atoms with van der Waals surface area (Å²) in [7, 11) is 0. The average Bonchev–Trinajstić information content (AvgIpc) is 2.48. The van der Waals surface area contributed by atoms with E-state index in [2.05, 4.69) is 4.99 Å². The molecular formula is C16H20ClNO4. The molecule has 0 amide bonds. The Morgan fingerprint density at radius 2 is 1.77 bits per heavy atom. The van der Waals surface area contributed by atoms with Gasteiger partial charge in [0.05, 0.1) is 18.9 Å². The lowest BCUT2D eigenvalue weighted by atomic mass is 10.1. The Bertz CT molecular complexity index is 539. The minimum Gasteiger partial charge on any atom is -0.465 e. The molecule has 0 aromatic heterocycles. The van der Waals surface area contributed by atoms with E-state index < -0.39 is 17.9 Å². The largest absolute Gasteiger partial charge is 0.465 e. The molecule has 22 heavy (non-hydrogen) atoms. The van der Waals surface area contributed by atoms with Crippen LogP contribution in [0.25, 0.3) is 0 Å². The summed E-state index contributed by atoms with van der Waals surface area (Å²) < 4.78 is 9.73. The van der Waals surface area contributed by atoms with Gasteiger partial charge in [0.15, 0.2) is 5.92 Å². The van der Waals surface area contributed by atoms with Crippen LogP contribution in [0.2, 0.25) is 5.02 Å². The van der Waals surface area contributed by atoms with Crippen LogP contribution in [0.15, 0.2) is 23.2 Å². The van der Waals surface area contributed by atoms with Crippen LogP contribution in [0.1, 0.15) is 26.3 Å². The normalized spacial score (nSPS) is 11.0. The highest BCUT2D eigenvalue weighted by atomic mass is 35.5. The summed E-state index contributed by atoms with van der Waals surface area (Å²) in [5.74, 6) is -2.54. The van der Waals surface area contributed by atoms with Gasteiger partial charge in [-0.1, -0.05) is 24.6 Å². The van der Waals surface area contributed by atoms with Crippen LogP contribution in [-0.2, 0) is 25.5 Å². The van der Waals surface area contributed by atoms with Gasteiger partial charge in [-0.15, -0.1) is 0 Å². The van der Waals surface area contributed by atoms with Crippen molar-refractivity contribution in [2.75, 3.05) is 13.2 Å². The fourth-order valence-electron chi connectivity index (χ4n) is 1.75. The third-order valence-corrected chi connectivity index (χ3v) is 3.22. The molecule has 0 atom stereocenters. The molecule has 0 unspecified atom stereocenters. The maximum Gasteiger partial charge on any atom is 0.325 e. The second-order valence-corrected chi connectivity index (χ2v) is 4.80. The summed E-state index contributed by atoms with van der Waals surface area (Å²) in [6.45, 7) is 5.70. The van der Waals surface area contributed by atoms with Crippen molar-refractivity contribution in [3.05, 3.63) is 28.8 Å². The maximum atomic E-state index is 11.8. The third kappa shape index (κ3) is 5.15. The first-order chi connectivity index (χ1) is 10.5. The first kappa shape index (κ1) is 18.2. The summed E-state index contributed by atoms with van der Waals surface area (Å²) in [4.78, 5) is 27.8. The summed E-state index contributed by atoms with van der Waals surface area (Å²) in [6, 6.07) is 5.32. The number of carbonyl (C=O) groups excluding carboxylic acids is 2. The van der Waals surface area contributed by atoms with E-state index in [0.717, 1.165) is 12.0 Å². The zero-order chi connectivity index (χ0) is 16.5. The fraction of sp³-hybridized carbons (Fsp3) is 0.438. The molecule has 0 saturated carbocycles.